The van der Waals surface area contributed by atoms with Crippen LogP contribution in [0.2, 0.25) is 0 Å². The lowest BCUT2D eigenvalue weighted by Gasteiger charge is -2.59. The maximum atomic E-state index is 13.8. The Morgan fingerprint density at radius 3 is 2.26 bits per heavy atom. The molecule has 242 valence electrons. The van der Waals surface area contributed by atoms with E-state index < -0.39 is 65.3 Å². The Labute approximate surface area is 262 Å². The lowest BCUT2D eigenvalue weighted by Crippen LogP contribution is -2.67. The molecule has 0 radical (unpaired) electrons. The number of phenols is 1. The van der Waals surface area contributed by atoms with Crippen molar-refractivity contribution in [2.45, 2.75) is 81.4 Å². The Morgan fingerprint density at radius 2 is 1.61 bits per heavy atom. The molecule has 2 aromatic carbocycles. The minimum atomic E-state index is -2.25. The predicted octanol–water partition coefficient (Wildman–Crippen LogP) is 2.54. The molecule has 46 heavy (non-hydrogen) atoms. The number of ether oxygens (including phenoxy) is 5. The van der Waals surface area contributed by atoms with Gasteiger partial charge in [0.05, 0.1) is 11.0 Å². The molecule has 1 fully saturated rings. The van der Waals surface area contributed by atoms with E-state index in [0.717, 1.165) is 32.3 Å². The normalized spacial score (nSPS) is 27.0. The van der Waals surface area contributed by atoms with E-state index in [1.54, 1.807) is 12.1 Å². The molecule has 1 saturated carbocycles. The largest absolute Gasteiger partial charge is 0.504 e. The number of aromatic hydroxyl groups is 1. The number of hydrogen-bond donors (Lipinski definition) is 3. The quantitative estimate of drug-likeness (QED) is 0.269. The Bertz CT molecular complexity index is 1650. The standard InChI is InChI=1S/C33H32O13/c1-16(34)42-26(27(43-17(2)35)31(40)46-24(29(37)38)18-7-4-3-5-8-18)30(39)44-22-12-14-33(41)20-9-6-13-32(33)23-19(15-20)10-11-21(36)25(23)45-28(22)32/h3-5,7-8,10-12,20,24,26-28,36,41H,6,9,13-15H2,1-2H3,(H,37,38)/t20-,24-,26+,27+,28+,32+,33-/m0/s1. The highest BCUT2D eigenvalue weighted by atomic mass is 16.6. The van der Waals surface area contributed by atoms with Crippen molar-refractivity contribution in [3.8, 4) is 11.5 Å². The van der Waals surface area contributed by atoms with Gasteiger partial charge in [0.1, 0.15) is 5.76 Å². The molecule has 0 aromatic heterocycles. The van der Waals surface area contributed by atoms with Gasteiger partial charge in [-0.15, -0.1) is 0 Å². The summed E-state index contributed by atoms with van der Waals surface area (Å²) in [5, 5.41) is 32.7. The molecular formula is C33H32O13. The average molecular weight is 637 g/mol. The molecule has 1 heterocycles. The van der Waals surface area contributed by atoms with E-state index in [1.165, 1.54) is 36.4 Å². The molecule has 0 amide bonds. The Morgan fingerprint density at radius 1 is 0.935 bits per heavy atom. The molecule has 2 bridgehead atoms. The lowest BCUT2D eigenvalue weighted by atomic mass is 9.47. The van der Waals surface area contributed by atoms with Gasteiger partial charge in [-0.2, -0.15) is 0 Å². The molecule has 1 aliphatic heterocycles. The number of carboxylic acids is 1. The molecule has 3 N–H and O–H groups in total. The van der Waals surface area contributed by atoms with Crippen LogP contribution in [-0.2, 0) is 54.8 Å². The van der Waals surface area contributed by atoms with Crippen molar-refractivity contribution in [2.75, 3.05) is 0 Å². The molecular weight excluding hydrogens is 604 g/mol. The van der Waals surface area contributed by atoms with E-state index in [4.69, 9.17) is 23.7 Å². The zero-order chi connectivity index (χ0) is 33.0. The summed E-state index contributed by atoms with van der Waals surface area (Å²) < 4.78 is 27.4. The Balaban J connectivity index is 1.33. The summed E-state index contributed by atoms with van der Waals surface area (Å²) in [6.45, 7) is 1.88. The summed E-state index contributed by atoms with van der Waals surface area (Å²) >= 11 is 0. The number of esters is 4. The number of carbonyl (C=O) groups excluding carboxylic acids is 4. The zero-order valence-electron chi connectivity index (χ0n) is 25.0. The number of aliphatic carboxylic acids is 1. The summed E-state index contributed by atoms with van der Waals surface area (Å²) in [7, 11) is 0. The van der Waals surface area contributed by atoms with Crippen molar-refractivity contribution in [2.24, 2.45) is 5.92 Å². The SMILES string of the molecule is CC(=O)O[C@@H](C(=O)OC1=CC[C@]2(O)[C@H]3CCC[C@]24c2c(ccc(O)c2O[C@H]14)C3)[C@@H](OC(C)=O)C(=O)O[C@H](C(=O)O)c1ccccc1. The number of benzene rings is 2. The van der Waals surface area contributed by atoms with Crippen LogP contribution in [0.15, 0.2) is 54.3 Å². The van der Waals surface area contributed by atoms with Gasteiger partial charge in [-0.05, 0) is 49.3 Å². The van der Waals surface area contributed by atoms with Gasteiger partial charge in [-0.25, -0.2) is 14.4 Å². The summed E-state index contributed by atoms with van der Waals surface area (Å²) in [6, 6.07) is 10.8. The summed E-state index contributed by atoms with van der Waals surface area (Å²) in [4.78, 5) is 63.3. The molecule has 0 unspecified atom stereocenters. The van der Waals surface area contributed by atoms with Gasteiger partial charge >= 0.3 is 29.8 Å². The van der Waals surface area contributed by atoms with Crippen molar-refractivity contribution in [1.29, 1.82) is 0 Å². The van der Waals surface area contributed by atoms with Crippen LogP contribution in [0.25, 0.3) is 0 Å². The lowest BCUT2D eigenvalue weighted by molar-refractivity contribution is -0.195. The first-order valence-electron chi connectivity index (χ1n) is 14.9. The molecule has 13 nitrogen and oxygen atoms in total. The zero-order valence-corrected chi connectivity index (χ0v) is 25.0. The van der Waals surface area contributed by atoms with E-state index in [9.17, 15) is 39.3 Å². The number of carboxylic acid groups (broad SMARTS) is 1. The maximum absolute atomic E-state index is 13.8. The van der Waals surface area contributed by atoms with Crippen LogP contribution in [0.1, 0.15) is 62.3 Å². The van der Waals surface area contributed by atoms with E-state index in [-0.39, 0.29) is 35.2 Å². The fraction of sp³-hybridized carbons (Fsp3) is 0.424. The average Bonchev–Trinajstić information content (AvgIpc) is 3.36. The fourth-order valence-electron chi connectivity index (χ4n) is 7.60. The number of hydrogen-bond acceptors (Lipinski definition) is 12. The third-order valence-electron chi connectivity index (χ3n) is 9.37. The molecule has 2 aromatic rings. The van der Waals surface area contributed by atoms with Gasteiger partial charge in [-0.1, -0.05) is 42.8 Å². The second-order valence-corrected chi connectivity index (χ2v) is 12.0. The predicted molar refractivity (Wildman–Crippen MR) is 153 cm³/mol. The minimum Gasteiger partial charge on any atom is -0.504 e. The summed E-state index contributed by atoms with van der Waals surface area (Å²) in [6.07, 6.45) is -3.23. The Kier molecular flexibility index (Phi) is 7.75. The fourth-order valence-corrected chi connectivity index (χ4v) is 7.60. The Hall–Kier alpha value is -4.91. The topological polar surface area (TPSA) is 192 Å². The van der Waals surface area contributed by atoms with Gasteiger partial charge in [0.15, 0.2) is 17.6 Å². The van der Waals surface area contributed by atoms with Crippen molar-refractivity contribution < 1.29 is 63.0 Å². The number of carbonyl (C=O) groups is 5. The van der Waals surface area contributed by atoms with Crippen LogP contribution in [0.4, 0.5) is 0 Å². The van der Waals surface area contributed by atoms with Crippen LogP contribution in [0, 0.1) is 5.92 Å². The number of aliphatic hydroxyl groups is 1. The first-order valence-corrected chi connectivity index (χ1v) is 14.9. The minimum absolute atomic E-state index is 0.0569. The van der Waals surface area contributed by atoms with Crippen LogP contribution in [0.3, 0.4) is 0 Å². The van der Waals surface area contributed by atoms with E-state index in [1.807, 2.05) is 0 Å². The smallest absolute Gasteiger partial charge is 0.357 e. The second kappa shape index (κ2) is 11.5. The van der Waals surface area contributed by atoms with Crippen molar-refractivity contribution in [1.82, 2.24) is 0 Å². The van der Waals surface area contributed by atoms with Crippen LogP contribution in [0.5, 0.6) is 11.5 Å². The van der Waals surface area contributed by atoms with E-state index >= 15 is 0 Å². The third-order valence-corrected chi connectivity index (χ3v) is 9.37. The van der Waals surface area contributed by atoms with E-state index in [2.05, 4.69) is 0 Å². The third kappa shape index (κ3) is 4.85. The summed E-state index contributed by atoms with van der Waals surface area (Å²) in [5.74, 6) is -6.61. The highest BCUT2D eigenvalue weighted by Gasteiger charge is 2.71. The molecule has 0 saturated heterocycles. The van der Waals surface area contributed by atoms with Gasteiger partial charge in [0.2, 0.25) is 18.3 Å². The van der Waals surface area contributed by atoms with Crippen LogP contribution in [-0.4, -0.2) is 69.1 Å². The molecule has 1 spiro atoms. The van der Waals surface area contributed by atoms with Crippen LogP contribution < -0.4 is 4.74 Å². The molecule has 7 atom stereocenters. The molecule has 3 aliphatic carbocycles. The van der Waals surface area contributed by atoms with Gasteiger partial charge in [0, 0.05) is 25.0 Å². The van der Waals surface area contributed by atoms with Crippen LogP contribution >= 0.6 is 0 Å². The second-order valence-electron chi connectivity index (χ2n) is 12.0. The number of rotatable bonds is 9. The first-order chi connectivity index (χ1) is 21.9. The van der Waals surface area contributed by atoms with Crippen molar-refractivity contribution in [3.63, 3.8) is 0 Å². The summed E-state index contributed by atoms with van der Waals surface area (Å²) in [5.41, 5.74) is -0.664. The van der Waals surface area contributed by atoms with Gasteiger partial charge < -0.3 is 39.0 Å². The highest BCUT2D eigenvalue weighted by molar-refractivity contribution is 5.90. The van der Waals surface area contributed by atoms with Crippen molar-refractivity contribution >= 4 is 29.8 Å². The van der Waals surface area contributed by atoms with Gasteiger partial charge in [0.25, 0.3) is 0 Å². The molecule has 13 heteroatoms. The first kappa shape index (κ1) is 31.1. The van der Waals surface area contributed by atoms with Gasteiger partial charge in [-0.3, -0.25) is 9.59 Å². The maximum Gasteiger partial charge on any atom is 0.357 e. The number of phenolic OH excluding ortho intramolecular Hbond substituents is 1. The highest BCUT2D eigenvalue weighted by Crippen LogP contribution is 2.67. The van der Waals surface area contributed by atoms with Crippen molar-refractivity contribution in [3.05, 3.63) is 71.0 Å². The molecule has 6 rings (SSSR count). The van der Waals surface area contributed by atoms with E-state index in [0.29, 0.717) is 18.4 Å². The molecule has 4 aliphatic rings. The monoisotopic (exact) mass is 636 g/mol.